The van der Waals surface area contributed by atoms with Crippen LogP contribution in [0.4, 0.5) is 0 Å². The van der Waals surface area contributed by atoms with E-state index < -0.39 is 0 Å². The fraction of sp³-hybridized carbons (Fsp3) is 0.0526. The maximum absolute atomic E-state index is 12.5. The van der Waals surface area contributed by atoms with Crippen molar-refractivity contribution < 1.29 is 0 Å². The molecule has 112 valence electrons. The van der Waals surface area contributed by atoms with Crippen LogP contribution in [0.2, 0.25) is 5.02 Å². The normalized spacial score (nSPS) is 10.3. The molecular formula is C19H13ClN2O. The fourth-order valence-electron chi connectivity index (χ4n) is 2.43. The molecule has 3 nitrogen and oxygen atoms in total. The Labute approximate surface area is 139 Å². The summed E-state index contributed by atoms with van der Waals surface area (Å²) in [5.74, 6) is 0. The van der Waals surface area contributed by atoms with E-state index in [4.69, 9.17) is 11.6 Å². The Balaban J connectivity index is 2.24. The van der Waals surface area contributed by atoms with Gasteiger partial charge in [0.2, 0.25) is 0 Å². The van der Waals surface area contributed by atoms with Gasteiger partial charge in [0.15, 0.2) is 0 Å². The van der Waals surface area contributed by atoms with Gasteiger partial charge < -0.3 is 0 Å². The summed E-state index contributed by atoms with van der Waals surface area (Å²) >= 11 is 5.92. The molecule has 23 heavy (non-hydrogen) atoms. The van der Waals surface area contributed by atoms with E-state index in [9.17, 15) is 10.1 Å². The number of halogens is 1. The van der Waals surface area contributed by atoms with Gasteiger partial charge in [-0.1, -0.05) is 35.9 Å². The minimum absolute atomic E-state index is 0.110. The van der Waals surface area contributed by atoms with Crippen LogP contribution in [0.25, 0.3) is 16.8 Å². The van der Waals surface area contributed by atoms with Crippen molar-refractivity contribution in [2.75, 3.05) is 0 Å². The zero-order valence-corrected chi connectivity index (χ0v) is 13.2. The Hall–Kier alpha value is -2.83. The van der Waals surface area contributed by atoms with Crippen molar-refractivity contribution in [1.82, 2.24) is 4.57 Å². The number of benzene rings is 2. The van der Waals surface area contributed by atoms with Gasteiger partial charge in [-0.2, -0.15) is 5.26 Å². The Morgan fingerprint density at radius 2 is 1.78 bits per heavy atom. The molecule has 0 spiro atoms. The van der Waals surface area contributed by atoms with E-state index in [-0.39, 0.29) is 11.1 Å². The lowest BCUT2D eigenvalue weighted by Crippen LogP contribution is -2.20. The first-order valence-corrected chi connectivity index (χ1v) is 7.46. The molecular weight excluding hydrogens is 308 g/mol. The molecule has 0 aliphatic rings. The molecule has 0 amide bonds. The molecule has 0 aliphatic carbocycles. The number of hydrogen-bond donors (Lipinski definition) is 0. The highest BCUT2D eigenvalue weighted by molar-refractivity contribution is 6.30. The molecule has 0 saturated carbocycles. The molecule has 2 aromatic carbocycles. The van der Waals surface area contributed by atoms with E-state index in [0.29, 0.717) is 5.02 Å². The molecule has 4 heteroatoms. The van der Waals surface area contributed by atoms with Crippen LogP contribution >= 0.6 is 11.6 Å². The van der Waals surface area contributed by atoms with Crippen LogP contribution < -0.4 is 5.56 Å². The zero-order chi connectivity index (χ0) is 16.4. The van der Waals surface area contributed by atoms with Crippen LogP contribution in [-0.2, 0) is 0 Å². The van der Waals surface area contributed by atoms with Crippen LogP contribution in [0.15, 0.2) is 65.6 Å². The van der Waals surface area contributed by atoms with Crippen molar-refractivity contribution in [3.8, 4) is 22.9 Å². The van der Waals surface area contributed by atoms with E-state index >= 15 is 0 Å². The van der Waals surface area contributed by atoms with Gasteiger partial charge >= 0.3 is 0 Å². The van der Waals surface area contributed by atoms with Gasteiger partial charge in [-0.3, -0.25) is 9.36 Å². The fourth-order valence-corrected chi connectivity index (χ4v) is 2.56. The summed E-state index contributed by atoms with van der Waals surface area (Å²) in [6, 6.07) is 18.5. The highest BCUT2D eigenvalue weighted by atomic mass is 35.5. The number of hydrogen-bond acceptors (Lipinski definition) is 2. The molecule has 0 saturated heterocycles. The van der Waals surface area contributed by atoms with Gasteiger partial charge in [0.25, 0.3) is 5.56 Å². The first kappa shape index (κ1) is 15.1. The molecule has 0 aliphatic heterocycles. The van der Waals surface area contributed by atoms with Gasteiger partial charge in [-0.05, 0) is 53.9 Å². The van der Waals surface area contributed by atoms with E-state index in [1.54, 1.807) is 24.4 Å². The second-order valence-electron chi connectivity index (χ2n) is 5.28. The largest absolute Gasteiger partial charge is 0.283 e. The number of aromatic nitrogens is 1. The Morgan fingerprint density at radius 1 is 1.04 bits per heavy atom. The maximum Gasteiger partial charge on any atom is 0.273 e. The second-order valence-corrected chi connectivity index (χ2v) is 5.71. The molecule has 1 aromatic heterocycles. The number of nitriles is 1. The summed E-state index contributed by atoms with van der Waals surface area (Å²) in [6.07, 6.45) is 1.75. The average Bonchev–Trinajstić information content (AvgIpc) is 2.56. The first-order chi connectivity index (χ1) is 11.1. The van der Waals surface area contributed by atoms with Crippen molar-refractivity contribution >= 4 is 11.6 Å². The molecule has 0 atom stereocenters. The van der Waals surface area contributed by atoms with Gasteiger partial charge in [0, 0.05) is 16.9 Å². The van der Waals surface area contributed by atoms with Gasteiger partial charge in [0.05, 0.1) is 0 Å². The van der Waals surface area contributed by atoms with Crippen molar-refractivity contribution in [2.45, 2.75) is 6.92 Å². The van der Waals surface area contributed by atoms with Gasteiger partial charge in [-0.25, -0.2) is 0 Å². The third-order valence-corrected chi connectivity index (χ3v) is 3.85. The molecule has 3 aromatic rings. The highest BCUT2D eigenvalue weighted by Gasteiger charge is 2.09. The standard InChI is InChI=1S/C19H13ClN2O/c1-13-3-2-4-18(9-13)22-12-16(10-15(11-21)19(22)23)14-5-7-17(20)8-6-14/h2-10,12H,1H3. The smallest absolute Gasteiger partial charge is 0.273 e. The molecule has 0 N–H and O–H groups in total. The summed E-state index contributed by atoms with van der Waals surface area (Å²) in [5, 5.41) is 9.92. The predicted octanol–water partition coefficient (Wildman–Crippen LogP) is 4.34. The number of pyridine rings is 1. The average molecular weight is 321 g/mol. The summed E-state index contributed by atoms with van der Waals surface area (Å²) in [7, 11) is 0. The summed E-state index contributed by atoms with van der Waals surface area (Å²) in [5.41, 5.74) is 3.26. The van der Waals surface area contributed by atoms with Crippen molar-refractivity contribution in [3.63, 3.8) is 0 Å². The van der Waals surface area contributed by atoms with Crippen LogP contribution in [0.3, 0.4) is 0 Å². The molecule has 0 fully saturated rings. The monoisotopic (exact) mass is 320 g/mol. The lowest BCUT2D eigenvalue weighted by molar-refractivity contribution is 0.982. The molecule has 3 rings (SSSR count). The van der Waals surface area contributed by atoms with Crippen molar-refractivity contribution in [2.24, 2.45) is 0 Å². The topological polar surface area (TPSA) is 45.8 Å². The number of aryl methyl sites for hydroxylation is 1. The van der Waals surface area contributed by atoms with Crippen molar-refractivity contribution in [1.29, 1.82) is 5.26 Å². The number of rotatable bonds is 2. The van der Waals surface area contributed by atoms with Crippen molar-refractivity contribution in [3.05, 3.63) is 87.3 Å². The van der Waals surface area contributed by atoms with Crippen LogP contribution in [-0.4, -0.2) is 4.57 Å². The van der Waals surface area contributed by atoms with Gasteiger partial charge in [0.1, 0.15) is 11.6 Å². The van der Waals surface area contributed by atoms with E-state index in [1.807, 2.05) is 49.4 Å². The molecule has 0 radical (unpaired) electrons. The van der Waals surface area contributed by atoms with E-state index in [0.717, 1.165) is 22.4 Å². The second kappa shape index (κ2) is 6.12. The summed E-state index contributed by atoms with van der Waals surface area (Å²) < 4.78 is 1.51. The quantitative estimate of drug-likeness (QED) is 0.705. The molecule has 0 unspecified atom stereocenters. The van der Waals surface area contributed by atoms with Crippen LogP contribution in [0.5, 0.6) is 0 Å². The van der Waals surface area contributed by atoms with E-state index in [1.165, 1.54) is 4.57 Å². The molecule has 1 heterocycles. The van der Waals surface area contributed by atoms with Gasteiger partial charge in [-0.15, -0.1) is 0 Å². The third-order valence-electron chi connectivity index (χ3n) is 3.60. The molecule has 0 bridgehead atoms. The third kappa shape index (κ3) is 3.03. The lowest BCUT2D eigenvalue weighted by atomic mass is 10.1. The van der Waals surface area contributed by atoms with E-state index in [2.05, 4.69) is 0 Å². The lowest BCUT2D eigenvalue weighted by Gasteiger charge is -2.10. The number of nitrogens with zero attached hydrogens (tertiary/aromatic N) is 2. The first-order valence-electron chi connectivity index (χ1n) is 7.08. The zero-order valence-electron chi connectivity index (χ0n) is 12.5. The highest BCUT2D eigenvalue weighted by Crippen LogP contribution is 2.22. The Bertz CT molecular complexity index is 966. The summed E-state index contributed by atoms with van der Waals surface area (Å²) in [6.45, 7) is 1.96. The SMILES string of the molecule is Cc1cccc(-n2cc(-c3ccc(Cl)cc3)cc(C#N)c2=O)c1. The van der Waals surface area contributed by atoms with Crippen LogP contribution in [0.1, 0.15) is 11.1 Å². The Morgan fingerprint density at radius 3 is 2.43 bits per heavy atom. The minimum Gasteiger partial charge on any atom is -0.283 e. The Kier molecular flexibility index (Phi) is 4.01. The van der Waals surface area contributed by atoms with Crippen LogP contribution in [0, 0.1) is 18.3 Å². The predicted molar refractivity (Wildman–Crippen MR) is 91.9 cm³/mol. The minimum atomic E-state index is -0.323. The maximum atomic E-state index is 12.5. The summed E-state index contributed by atoms with van der Waals surface area (Å²) in [4.78, 5) is 12.5.